The van der Waals surface area contributed by atoms with Gasteiger partial charge in [0.25, 0.3) is 10.0 Å². The van der Waals surface area contributed by atoms with Crippen LogP contribution >= 0.6 is 0 Å². The number of alkyl halides is 3. The number of ether oxygens (including phenoxy) is 1. The molecule has 184 valence electrons. The predicted molar refractivity (Wildman–Crippen MR) is 106 cm³/mol. The summed E-state index contributed by atoms with van der Waals surface area (Å²) in [5.41, 5.74) is 0.515. The summed E-state index contributed by atoms with van der Waals surface area (Å²) < 4.78 is 68.6. The molecule has 1 saturated heterocycles. The van der Waals surface area contributed by atoms with Gasteiger partial charge in [-0.15, -0.1) is 0 Å². The number of carbonyl (C=O) groups is 2. The molecule has 1 fully saturated rings. The minimum Gasteiger partial charge on any atom is -0.535 e. The summed E-state index contributed by atoms with van der Waals surface area (Å²) in [7, 11) is -4.76. The van der Waals surface area contributed by atoms with Crippen LogP contribution in [0.3, 0.4) is 0 Å². The van der Waals surface area contributed by atoms with Gasteiger partial charge in [-0.05, 0) is 24.4 Å². The first-order chi connectivity index (χ1) is 15.8. The molecule has 0 aliphatic carbocycles. The fraction of sp³-hybridized carbons (Fsp3) is 0.353. The molecule has 17 heteroatoms. The summed E-state index contributed by atoms with van der Waals surface area (Å²) in [5, 5.41) is 26.3. The van der Waals surface area contributed by atoms with Crippen molar-refractivity contribution in [3.63, 3.8) is 0 Å². The van der Waals surface area contributed by atoms with Crippen molar-refractivity contribution in [2.75, 3.05) is 13.1 Å². The van der Waals surface area contributed by atoms with Crippen LogP contribution in [0, 0.1) is 0 Å². The molecule has 1 aromatic heterocycles. The van der Waals surface area contributed by atoms with Gasteiger partial charge in [0.2, 0.25) is 0 Å². The van der Waals surface area contributed by atoms with Crippen LogP contribution < -0.4 is 9.39 Å². The number of aromatic carboxylic acids is 1. The fourth-order valence-electron chi connectivity index (χ4n) is 3.09. The van der Waals surface area contributed by atoms with Crippen molar-refractivity contribution in [1.29, 1.82) is 0 Å². The molecule has 0 atom stereocenters. The highest BCUT2D eigenvalue weighted by Crippen LogP contribution is 2.37. The van der Waals surface area contributed by atoms with E-state index in [0.29, 0.717) is 18.3 Å². The van der Waals surface area contributed by atoms with E-state index in [-0.39, 0.29) is 35.2 Å². The number of carboxylic acid groups (broad SMARTS) is 2. The van der Waals surface area contributed by atoms with Crippen molar-refractivity contribution in [3.05, 3.63) is 35.8 Å². The molecule has 2 aromatic rings. The maximum atomic E-state index is 12.3. The summed E-state index contributed by atoms with van der Waals surface area (Å²) in [6, 6.07) is 3.23. The maximum absolute atomic E-state index is 12.3. The second-order valence-corrected chi connectivity index (χ2v) is 9.00. The lowest BCUT2D eigenvalue weighted by molar-refractivity contribution is -0.192. The number of aliphatic carboxylic acids is 1. The number of carboxylic acids is 2. The highest BCUT2D eigenvalue weighted by molar-refractivity contribution is 7.89. The van der Waals surface area contributed by atoms with E-state index in [0.717, 1.165) is 0 Å². The van der Waals surface area contributed by atoms with E-state index in [4.69, 9.17) is 19.3 Å². The SMILES string of the molecule is O=C(O)C(F)(F)F.O=C(O)c1c(OC2CN(S(=O)(=O)c3c[nH]cn3)C2)ccc2c1OB(O)CC2. The fourth-order valence-corrected chi connectivity index (χ4v) is 4.48. The average molecular weight is 507 g/mol. The third-order valence-electron chi connectivity index (χ3n) is 4.76. The van der Waals surface area contributed by atoms with Crippen molar-refractivity contribution >= 4 is 29.1 Å². The molecule has 2 aliphatic heterocycles. The number of imidazole rings is 1. The number of aromatic nitrogens is 2. The molecule has 0 amide bonds. The normalized spacial score (nSPS) is 16.4. The van der Waals surface area contributed by atoms with Gasteiger partial charge in [-0.3, -0.25) is 0 Å². The van der Waals surface area contributed by atoms with Gasteiger partial charge in [-0.2, -0.15) is 17.5 Å². The molecule has 0 radical (unpaired) electrons. The van der Waals surface area contributed by atoms with E-state index in [9.17, 15) is 36.5 Å². The third kappa shape index (κ3) is 5.42. The first-order valence-corrected chi connectivity index (χ1v) is 10.9. The standard InChI is InChI=1S/C15H16BN3O7S.C2HF3O2/c20-15(21)13-11(2-1-9-3-4-16(22)26-14(9)13)25-10-6-19(7-10)27(23,24)12-5-17-8-18-12;3-2(4,5)1(6)7/h1-2,5,8,10,22H,3-4,6-7H2,(H,17,18)(H,20,21);(H,6,7). The number of hydrogen-bond donors (Lipinski definition) is 4. The molecule has 0 unspecified atom stereocenters. The molecule has 0 bridgehead atoms. The van der Waals surface area contributed by atoms with Crippen molar-refractivity contribution in [1.82, 2.24) is 14.3 Å². The van der Waals surface area contributed by atoms with Gasteiger partial charge in [0.05, 0.1) is 19.4 Å². The maximum Gasteiger partial charge on any atom is 0.522 e. The number of halogens is 3. The molecule has 3 heterocycles. The zero-order valence-corrected chi connectivity index (χ0v) is 17.8. The number of aryl methyl sites for hydroxylation is 1. The van der Waals surface area contributed by atoms with Crippen molar-refractivity contribution in [2.45, 2.75) is 30.0 Å². The summed E-state index contributed by atoms with van der Waals surface area (Å²) in [4.78, 5) is 26.9. The summed E-state index contributed by atoms with van der Waals surface area (Å²) in [6.45, 7) is 0.156. The van der Waals surface area contributed by atoms with Gasteiger partial charge in [0.15, 0.2) is 5.03 Å². The lowest BCUT2D eigenvalue weighted by Crippen LogP contribution is -2.56. The molecule has 34 heavy (non-hydrogen) atoms. The topological polar surface area (TPSA) is 179 Å². The van der Waals surface area contributed by atoms with Gasteiger partial charge in [-0.1, -0.05) is 6.07 Å². The van der Waals surface area contributed by atoms with Crippen LogP contribution in [0.1, 0.15) is 15.9 Å². The first kappa shape index (κ1) is 25.3. The number of aromatic amines is 1. The number of hydrogen-bond acceptors (Lipinski definition) is 8. The van der Waals surface area contributed by atoms with E-state index in [1.165, 1.54) is 22.9 Å². The second-order valence-electron chi connectivity index (χ2n) is 7.12. The Bertz CT molecular complexity index is 1170. The Kier molecular flexibility index (Phi) is 7.09. The Labute approximate surface area is 190 Å². The van der Waals surface area contributed by atoms with E-state index >= 15 is 0 Å². The van der Waals surface area contributed by atoms with E-state index in [1.54, 1.807) is 6.07 Å². The molecule has 1 aromatic carbocycles. The largest absolute Gasteiger partial charge is 0.535 e. The predicted octanol–water partition coefficient (Wildman–Crippen LogP) is 0.608. The lowest BCUT2D eigenvalue weighted by Gasteiger charge is -2.37. The molecule has 4 rings (SSSR count). The van der Waals surface area contributed by atoms with Crippen LogP contribution in [-0.4, -0.2) is 82.4 Å². The summed E-state index contributed by atoms with van der Waals surface area (Å²) in [5.74, 6) is -3.82. The summed E-state index contributed by atoms with van der Waals surface area (Å²) >= 11 is 0. The van der Waals surface area contributed by atoms with Gasteiger partial charge in [0.1, 0.15) is 23.2 Å². The zero-order chi connectivity index (χ0) is 25.3. The second kappa shape index (κ2) is 9.51. The number of nitrogens with one attached hydrogen (secondary N) is 1. The Morgan fingerprint density at radius 1 is 1.26 bits per heavy atom. The molecular formula is C17H17BF3N3O9S. The third-order valence-corrected chi connectivity index (χ3v) is 6.49. The Balaban J connectivity index is 0.000000406. The highest BCUT2D eigenvalue weighted by atomic mass is 32.2. The van der Waals surface area contributed by atoms with Gasteiger partial charge < -0.3 is 29.6 Å². The number of nitrogens with zero attached hydrogens (tertiary/aromatic N) is 2. The van der Waals surface area contributed by atoms with Gasteiger partial charge in [-0.25, -0.2) is 23.0 Å². The molecule has 4 N–H and O–H groups in total. The van der Waals surface area contributed by atoms with Crippen LogP contribution in [0.5, 0.6) is 11.5 Å². The first-order valence-electron chi connectivity index (χ1n) is 9.50. The smallest absolute Gasteiger partial charge is 0.522 e. The number of H-pyrrole nitrogens is 1. The monoisotopic (exact) mass is 507 g/mol. The number of rotatable bonds is 5. The van der Waals surface area contributed by atoms with E-state index in [2.05, 4.69) is 9.97 Å². The van der Waals surface area contributed by atoms with Gasteiger partial charge >= 0.3 is 25.2 Å². The quantitative estimate of drug-likeness (QED) is 0.419. The Morgan fingerprint density at radius 2 is 1.91 bits per heavy atom. The van der Waals surface area contributed by atoms with Crippen LogP contribution in [-0.2, 0) is 21.2 Å². The molecule has 0 saturated carbocycles. The number of sulfonamides is 1. The Morgan fingerprint density at radius 3 is 2.44 bits per heavy atom. The Hall–Kier alpha value is -3.31. The minimum atomic E-state index is -5.08. The molecule has 0 spiro atoms. The number of benzene rings is 1. The van der Waals surface area contributed by atoms with Crippen LogP contribution in [0.2, 0.25) is 6.32 Å². The van der Waals surface area contributed by atoms with Crippen LogP contribution in [0.15, 0.2) is 29.7 Å². The minimum absolute atomic E-state index is 0.0782. The van der Waals surface area contributed by atoms with Crippen molar-refractivity contribution in [2.24, 2.45) is 0 Å². The van der Waals surface area contributed by atoms with E-state index in [1.807, 2.05) is 0 Å². The van der Waals surface area contributed by atoms with E-state index < -0.39 is 41.4 Å². The highest BCUT2D eigenvalue weighted by Gasteiger charge is 2.40. The summed E-state index contributed by atoms with van der Waals surface area (Å²) in [6.07, 6.45) is -2.13. The van der Waals surface area contributed by atoms with Crippen LogP contribution in [0.4, 0.5) is 13.2 Å². The molecule has 2 aliphatic rings. The molecular weight excluding hydrogens is 490 g/mol. The number of fused-ring (bicyclic) bond motifs is 1. The van der Waals surface area contributed by atoms with Gasteiger partial charge in [0, 0.05) is 6.20 Å². The zero-order valence-electron chi connectivity index (χ0n) is 17.0. The lowest BCUT2D eigenvalue weighted by atomic mass is 9.78. The van der Waals surface area contributed by atoms with Crippen molar-refractivity contribution < 1.29 is 55.8 Å². The van der Waals surface area contributed by atoms with Crippen LogP contribution in [0.25, 0.3) is 0 Å². The average Bonchev–Trinajstić information content (AvgIpc) is 3.25. The van der Waals surface area contributed by atoms with Crippen molar-refractivity contribution in [3.8, 4) is 11.5 Å². The molecule has 12 nitrogen and oxygen atoms in total.